The zero-order valence-corrected chi connectivity index (χ0v) is 10.5. The Morgan fingerprint density at radius 2 is 2.44 bits per heavy atom. The molecule has 1 amide bonds. The maximum atomic E-state index is 11.9. The lowest BCUT2D eigenvalue weighted by molar-refractivity contribution is 0.0958. The van der Waals surface area contributed by atoms with Gasteiger partial charge in [-0.05, 0) is 12.5 Å². The van der Waals surface area contributed by atoms with Gasteiger partial charge >= 0.3 is 0 Å². The molecule has 2 heterocycles. The highest BCUT2D eigenvalue weighted by Gasteiger charge is 2.16. The highest BCUT2D eigenvalue weighted by atomic mass is 32.1. The minimum atomic E-state index is -0.187. The summed E-state index contributed by atoms with van der Waals surface area (Å²) in [6.07, 6.45) is 8.09. The third kappa shape index (κ3) is 2.41. The Kier molecular flexibility index (Phi) is 3.75. The van der Waals surface area contributed by atoms with Gasteiger partial charge in [-0.15, -0.1) is 28.8 Å². The number of hydrogen-bond donors (Lipinski definition) is 2. The van der Waals surface area contributed by atoms with E-state index in [1.165, 1.54) is 11.3 Å². The first kappa shape index (κ1) is 12.3. The van der Waals surface area contributed by atoms with E-state index in [1.807, 2.05) is 0 Å². The summed E-state index contributed by atoms with van der Waals surface area (Å²) in [4.78, 5) is 13.1. The minimum absolute atomic E-state index is 0.187. The molecule has 92 valence electrons. The molecule has 0 spiro atoms. The standard InChI is InChI=1S/C12H12N4OS/c1-2-3-4-6-14-11(17)10-9(13)8-5-7-15-16-12(8)18-10/h1,5,7H,3-4,6,13H2,(H,14,17). The Labute approximate surface area is 108 Å². The van der Waals surface area contributed by atoms with E-state index in [0.717, 1.165) is 11.8 Å². The molecule has 0 unspecified atom stereocenters. The number of nitrogens with two attached hydrogens (primary N) is 1. The molecular weight excluding hydrogens is 248 g/mol. The number of rotatable bonds is 4. The van der Waals surface area contributed by atoms with Crippen LogP contribution in [0.3, 0.4) is 0 Å². The van der Waals surface area contributed by atoms with E-state index < -0.39 is 0 Å². The van der Waals surface area contributed by atoms with Crippen molar-refractivity contribution in [3.05, 3.63) is 17.1 Å². The molecule has 0 saturated heterocycles. The van der Waals surface area contributed by atoms with Crippen molar-refractivity contribution in [1.82, 2.24) is 15.5 Å². The maximum Gasteiger partial charge on any atom is 0.263 e. The molecule has 0 saturated carbocycles. The van der Waals surface area contributed by atoms with Crippen LogP contribution in [0, 0.1) is 12.3 Å². The van der Waals surface area contributed by atoms with Gasteiger partial charge in [-0.1, -0.05) is 0 Å². The van der Waals surface area contributed by atoms with Gasteiger partial charge in [0, 0.05) is 18.4 Å². The summed E-state index contributed by atoms with van der Waals surface area (Å²) in [6, 6.07) is 1.75. The normalized spacial score (nSPS) is 10.2. The Hall–Kier alpha value is -2.13. The van der Waals surface area contributed by atoms with Crippen molar-refractivity contribution in [3.8, 4) is 12.3 Å². The van der Waals surface area contributed by atoms with Crippen LogP contribution < -0.4 is 11.1 Å². The summed E-state index contributed by atoms with van der Waals surface area (Å²) < 4.78 is 0. The number of nitrogens with one attached hydrogen (secondary N) is 1. The first-order valence-corrected chi connectivity index (χ1v) is 6.27. The van der Waals surface area contributed by atoms with Crippen molar-refractivity contribution in [2.45, 2.75) is 12.8 Å². The fraction of sp³-hybridized carbons (Fsp3) is 0.250. The van der Waals surface area contributed by atoms with Crippen molar-refractivity contribution in [1.29, 1.82) is 0 Å². The monoisotopic (exact) mass is 260 g/mol. The van der Waals surface area contributed by atoms with Gasteiger partial charge in [0.25, 0.3) is 5.91 Å². The summed E-state index contributed by atoms with van der Waals surface area (Å²) in [7, 11) is 0. The number of thiophene rings is 1. The molecule has 0 aliphatic carbocycles. The van der Waals surface area contributed by atoms with Gasteiger partial charge in [0.05, 0.1) is 11.9 Å². The molecule has 3 N–H and O–H groups in total. The lowest BCUT2D eigenvalue weighted by Gasteiger charge is -2.02. The number of anilines is 1. The fourth-order valence-corrected chi connectivity index (χ4v) is 2.47. The van der Waals surface area contributed by atoms with Crippen LogP contribution in [0.5, 0.6) is 0 Å². The summed E-state index contributed by atoms with van der Waals surface area (Å²) in [5.74, 6) is 2.33. The third-order valence-corrected chi connectivity index (χ3v) is 3.51. The summed E-state index contributed by atoms with van der Waals surface area (Å²) >= 11 is 1.24. The maximum absolute atomic E-state index is 11.9. The number of carbonyl (C=O) groups is 1. The number of unbranched alkanes of at least 4 members (excludes halogenated alkanes) is 1. The molecule has 0 atom stereocenters. The Balaban J connectivity index is 2.13. The van der Waals surface area contributed by atoms with Crippen molar-refractivity contribution in [2.24, 2.45) is 0 Å². The van der Waals surface area contributed by atoms with Crippen molar-refractivity contribution in [2.75, 3.05) is 12.3 Å². The van der Waals surface area contributed by atoms with Crippen LogP contribution in [0.4, 0.5) is 5.69 Å². The number of carbonyl (C=O) groups excluding carboxylic acids is 1. The van der Waals surface area contributed by atoms with Gasteiger partial charge in [-0.2, -0.15) is 5.10 Å². The number of fused-ring (bicyclic) bond motifs is 1. The van der Waals surface area contributed by atoms with Crippen LogP contribution >= 0.6 is 11.3 Å². The molecule has 0 aromatic carbocycles. The highest BCUT2D eigenvalue weighted by Crippen LogP contribution is 2.31. The third-order valence-electron chi connectivity index (χ3n) is 2.41. The second-order valence-electron chi connectivity index (χ2n) is 3.66. The molecule has 5 nitrogen and oxygen atoms in total. The first-order valence-electron chi connectivity index (χ1n) is 5.45. The lowest BCUT2D eigenvalue weighted by Crippen LogP contribution is -2.24. The Morgan fingerprint density at radius 3 is 3.17 bits per heavy atom. The summed E-state index contributed by atoms with van der Waals surface area (Å²) in [6.45, 7) is 0.544. The zero-order chi connectivity index (χ0) is 13.0. The molecule has 0 bridgehead atoms. The van der Waals surface area contributed by atoms with Crippen molar-refractivity contribution >= 4 is 33.1 Å². The molecule has 6 heteroatoms. The number of terminal acetylenes is 1. The van der Waals surface area contributed by atoms with E-state index in [0.29, 0.717) is 28.4 Å². The molecule has 18 heavy (non-hydrogen) atoms. The first-order chi connectivity index (χ1) is 8.74. The van der Waals surface area contributed by atoms with E-state index in [4.69, 9.17) is 12.2 Å². The van der Waals surface area contributed by atoms with E-state index in [9.17, 15) is 4.79 Å². The molecule has 0 fully saturated rings. The number of amides is 1. The molecule has 0 aliphatic heterocycles. The van der Waals surface area contributed by atoms with Crippen LogP contribution in [-0.2, 0) is 0 Å². The van der Waals surface area contributed by atoms with Crippen LogP contribution in [0.2, 0.25) is 0 Å². The van der Waals surface area contributed by atoms with E-state index >= 15 is 0 Å². The van der Waals surface area contributed by atoms with Crippen molar-refractivity contribution in [3.63, 3.8) is 0 Å². The van der Waals surface area contributed by atoms with E-state index in [-0.39, 0.29) is 5.91 Å². The van der Waals surface area contributed by atoms with Gasteiger partial charge in [-0.3, -0.25) is 4.79 Å². The zero-order valence-electron chi connectivity index (χ0n) is 9.64. The molecule has 2 aromatic rings. The average Bonchev–Trinajstić information content (AvgIpc) is 2.73. The molecule has 0 aliphatic rings. The van der Waals surface area contributed by atoms with Gasteiger partial charge < -0.3 is 11.1 Å². The van der Waals surface area contributed by atoms with Crippen molar-refractivity contribution < 1.29 is 4.79 Å². The number of hydrogen-bond acceptors (Lipinski definition) is 5. The number of nitrogen functional groups attached to an aromatic ring is 1. The second-order valence-corrected chi connectivity index (χ2v) is 4.66. The van der Waals surface area contributed by atoms with E-state index in [2.05, 4.69) is 21.4 Å². The molecule has 2 rings (SSSR count). The van der Waals surface area contributed by atoms with Crippen LogP contribution in [0.15, 0.2) is 12.3 Å². The Morgan fingerprint density at radius 1 is 1.61 bits per heavy atom. The smallest absolute Gasteiger partial charge is 0.263 e. The van der Waals surface area contributed by atoms with Gasteiger partial charge in [-0.25, -0.2) is 0 Å². The minimum Gasteiger partial charge on any atom is -0.397 e. The van der Waals surface area contributed by atoms with Gasteiger partial charge in [0.1, 0.15) is 9.71 Å². The largest absolute Gasteiger partial charge is 0.397 e. The van der Waals surface area contributed by atoms with Gasteiger partial charge in [0.2, 0.25) is 0 Å². The fourth-order valence-electron chi connectivity index (χ4n) is 1.51. The predicted octanol–water partition coefficient (Wildman–Crippen LogP) is 1.42. The quantitative estimate of drug-likeness (QED) is 0.643. The van der Waals surface area contributed by atoms with E-state index in [1.54, 1.807) is 12.3 Å². The van der Waals surface area contributed by atoms with Crippen LogP contribution in [-0.4, -0.2) is 22.6 Å². The number of nitrogens with zero attached hydrogens (tertiary/aromatic N) is 2. The average molecular weight is 260 g/mol. The SMILES string of the molecule is C#CCCCNC(=O)c1sc2nnccc2c1N. The van der Waals surface area contributed by atoms with Gasteiger partial charge in [0.15, 0.2) is 0 Å². The predicted molar refractivity (Wildman–Crippen MR) is 72.2 cm³/mol. The van der Waals surface area contributed by atoms with Crippen LogP contribution in [0.1, 0.15) is 22.5 Å². The number of aromatic nitrogens is 2. The topological polar surface area (TPSA) is 80.9 Å². The molecular formula is C12H12N4OS. The summed E-state index contributed by atoms with van der Waals surface area (Å²) in [5.41, 5.74) is 6.38. The van der Waals surface area contributed by atoms with Crippen LogP contribution in [0.25, 0.3) is 10.2 Å². The highest BCUT2D eigenvalue weighted by molar-refractivity contribution is 7.21. The Bertz CT molecular complexity index is 614. The molecule has 2 aromatic heterocycles. The second kappa shape index (κ2) is 5.47. The molecule has 0 radical (unpaired) electrons. The lowest BCUT2D eigenvalue weighted by atomic mass is 10.2. The summed E-state index contributed by atoms with van der Waals surface area (Å²) in [5, 5.41) is 11.3.